The van der Waals surface area contributed by atoms with Gasteiger partial charge in [0.1, 0.15) is 23.4 Å². The van der Waals surface area contributed by atoms with Gasteiger partial charge in [-0.15, -0.1) is 0 Å². The highest BCUT2D eigenvalue weighted by Gasteiger charge is 2.42. The van der Waals surface area contributed by atoms with Crippen molar-refractivity contribution in [1.29, 1.82) is 0 Å². The van der Waals surface area contributed by atoms with Gasteiger partial charge in [0.25, 0.3) is 0 Å². The Morgan fingerprint density at radius 2 is 1.58 bits per heavy atom. The van der Waals surface area contributed by atoms with Crippen molar-refractivity contribution < 1.29 is 9.13 Å². The van der Waals surface area contributed by atoms with E-state index in [4.69, 9.17) is 17.0 Å². The summed E-state index contributed by atoms with van der Waals surface area (Å²) >= 11 is 5.88. The second kappa shape index (κ2) is 10.1. The van der Waals surface area contributed by atoms with E-state index in [1.54, 1.807) is 18.3 Å². The maximum Gasteiger partial charge on any atom is 0.174 e. The van der Waals surface area contributed by atoms with Gasteiger partial charge in [0.15, 0.2) is 5.11 Å². The number of aromatic nitrogens is 2. The van der Waals surface area contributed by atoms with Crippen molar-refractivity contribution in [3.05, 3.63) is 138 Å². The van der Waals surface area contributed by atoms with Crippen LogP contribution < -0.4 is 15.0 Å². The number of nitrogens with zero attached hydrogens (tertiary/aromatic N) is 3. The van der Waals surface area contributed by atoms with Crippen molar-refractivity contribution in [3.8, 4) is 17.2 Å². The standard InChI is InChI=1S/C31H25FN4OS/c1-21-7-2-3-10-28(21)37-25-17-15-24(16-18-25)36-30(29(34-31(36)38)26-8-4-5-19-33-26)27-9-6-20-35(27)23-13-11-22(32)12-14-23/h2-20,29-30H,1H3,(H,34,38)/t29-,30+/m1/s1. The number of hydrogen-bond donors (Lipinski definition) is 1. The minimum atomic E-state index is -0.271. The number of rotatable bonds is 6. The molecule has 1 N–H and O–H groups in total. The Hall–Kier alpha value is -4.49. The molecule has 1 aliphatic rings. The molecule has 3 aromatic carbocycles. The molecule has 6 rings (SSSR count). The SMILES string of the molecule is Cc1ccccc1Oc1ccc(N2C(=S)N[C@H](c3ccccn3)[C@@H]2c2cccn2-c2ccc(F)cc2)cc1. The zero-order valence-electron chi connectivity index (χ0n) is 20.7. The van der Waals surface area contributed by atoms with Crippen LogP contribution in [0.4, 0.5) is 10.1 Å². The number of halogens is 1. The molecule has 0 amide bonds. The van der Waals surface area contributed by atoms with E-state index in [0.29, 0.717) is 5.11 Å². The summed E-state index contributed by atoms with van der Waals surface area (Å²) in [7, 11) is 0. The van der Waals surface area contributed by atoms with Gasteiger partial charge in [0, 0.05) is 29.5 Å². The molecule has 7 heteroatoms. The molecule has 0 unspecified atom stereocenters. The number of thiocarbonyl (C=S) groups is 1. The van der Waals surface area contributed by atoms with E-state index in [-0.39, 0.29) is 17.9 Å². The summed E-state index contributed by atoms with van der Waals surface area (Å²) in [5, 5.41) is 4.10. The molecule has 38 heavy (non-hydrogen) atoms. The summed E-state index contributed by atoms with van der Waals surface area (Å²) in [4.78, 5) is 6.75. The minimum absolute atomic E-state index is 0.194. The first-order valence-corrected chi connectivity index (χ1v) is 12.8. The molecule has 1 aliphatic heterocycles. The topological polar surface area (TPSA) is 42.3 Å². The fourth-order valence-corrected chi connectivity index (χ4v) is 5.22. The number of ether oxygens (including phenoxy) is 1. The maximum atomic E-state index is 13.7. The Morgan fingerprint density at radius 1 is 0.842 bits per heavy atom. The van der Waals surface area contributed by atoms with Crippen LogP contribution in [-0.2, 0) is 0 Å². The van der Waals surface area contributed by atoms with Gasteiger partial charge in [-0.25, -0.2) is 4.39 Å². The summed E-state index contributed by atoms with van der Waals surface area (Å²) in [6.07, 6.45) is 3.77. The average Bonchev–Trinajstić information content (AvgIpc) is 3.56. The largest absolute Gasteiger partial charge is 0.457 e. The second-order valence-corrected chi connectivity index (χ2v) is 9.52. The van der Waals surface area contributed by atoms with Crippen molar-refractivity contribution in [2.24, 2.45) is 0 Å². The van der Waals surface area contributed by atoms with E-state index < -0.39 is 0 Å². The van der Waals surface area contributed by atoms with Gasteiger partial charge < -0.3 is 19.5 Å². The zero-order chi connectivity index (χ0) is 26.1. The number of aryl methyl sites for hydroxylation is 1. The van der Waals surface area contributed by atoms with Gasteiger partial charge >= 0.3 is 0 Å². The van der Waals surface area contributed by atoms with Crippen LogP contribution >= 0.6 is 12.2 Å². The summed E-state index contributed by atoms with van der Waals surface area (Å²) in [5.41, 5.74) is 4.75. The number of benzene rings is 3. The lowest BCUT2D eigenvalue weighted by Crippen LogP contribution is -2.30. The van der Waals surface area contributed by atoms with Crippen molar-refractivity contribution in [2.45, 2.75) is 19.0 Å². The number of hydrogen-bond acceptors (Lipinski definition) is 3. The van der Waals surface area contributed by atoms with E-state index in [1.807, 2.05) is 85.9 Å². The van der Waals surface area contributed by atoms with Crippen LogP contribution in [0.3, 0.4) is 0 Å². The monoisotopic (exact) mass is 520 g/mol. The summed E-state index contributed by atoms with van der Waals surface area (Å²) in [5.74, 6) is 1.30. The van der Waals surface area contributed by atoms with E-state index >= 15 is 0 Å². The Kier molecular flexibility index (Phi) is 6.35. The lowest BCUT2D eigenvalue weighted by atomic mass is 10.0. The molecule has 5 aromatic rings. The minimum Gasteiger partial charge on any atom is -0.457 e. The van der Waals surface area contributed by atoms with Crippen molar-refractivity contribution in [1.82, 2.24) is 14.9 Å². The number of anilines is 1. The van der Waals surface area contributed by atoms with Crippen LogP contribution in [-0.4, -0.2) is 14.7 Å². The molecule has 5 nitrogen and oxygen atoms in total. The lowest BCUT2D eigenvalue weighted by molar-refractivity contribution is 0.479. The molecule has 1 saturated heterocycles. The molecule has 188 valence electrons. The number of pyridine rings is 1. The third-order valence-corrected chi connectivity index (χ3v) is 7.04. The molecule has 0 radical (unpaired) electrons. The molecule has 2 atom stereocenters. The van der Waals surface area contributed by atoms with Gasteiger partial charge in [0.05, 0.1) is 11.7 Å². The Morgan fingerprint density at radius 3 is 2.32 bits per heavy atom. The molecular weight excluding hydrogens is 495 g/mol. The molecule has 0 saturated carbocycles. The van der Waals surface area contributed by atoms with Crippen LogP contribution in [0.2, 0.25) is 0 Å². The zero-order valence-corrected chi connectivity index (χ0v) is 21.5. The second-order valence-electron chi connectivity index (χ2n) is 9.14. The quantitative estimate of drug-likeness (QED) is 0.238. The van der Waals surface area contributed by atoms with Crippen LogP contribution in [0.5, 0.6) is 11.5 Å². The van der Waals surface area contributed by atoms with E-state index in [2.05, 4.69) is 25.8 Å². The molecule has 2 aromatic heterocycles. The van der Waals surface area contributed by atoms with Gasteiger partial charge in [-0.3, -0.25) is 4.98 Å². The first kappa shape index (κ1) is 23.9. The fourth-order valence-electron chi connectivity index (χ4n) is 4.88. The summed E-state index contributed by atoms with van der Waals surface area (Å²) in [6, 6.07) is 31.9. The average molecular weight is 521 g/mol. The predicted molar refractivity (Wildman–Crippen MR) is 151 cm³/mol. The first-order valence-electron chi connectivity index (χ1n) is 12.4. The molecule has 3 heterocycles. The van der Waals surface area contributed by atoms with Crippen LogP contribution in [0.1, 0.15) is 29.0 Å². The van der Waals surface area contributed by atoms with E-state index in [0.717, 1.165) is 39.8 Å². The summed E-state index contributed by atoms with van der Waals surface area (Å²) < 4.78 is 21.9. The summed E-state index contributed by atoms with van der Waals surface area (Å²) in [6.45, 7) is 2.02. The van der Waals surface area contributed by atoms with Crippen molar-refractivity contribution in [2.75, 3.05) is 4.90 Å². The van der Waals surface area contributed by atoms with E-state index in [9.17, 15) is 4.39 Å². The van der Waals surface area contributed by atoms with Crippen molar-refractivity contribution in [3.63, 3.8) is 0 Å². The maximum absolute atomic E-state index is 13.7. The van der Waals surface area contributed by atoms with Crippen molar-refractivity contribution >= 4 is 23.0 Å². The Bertz CT molecular complexity index is 1570. The first-order chi connectivity index (χ1) is 18.6. The molecule has 0 spiro atoms. The number of para-hydroxylation sites is 1. The third kappa shape index (κ3) is 4.53. The van der Waals surface area contributed by atoms with Gasteiger partial charge in [-0.2, -0.15) is 0 Å². The van der Waals surface area contributed by atoms with E-state index in [1.165, 1.54) is 12.1 Å². The lowest BCUT2D eigenvalue weighted by Gasteiger charge is -2.29. The predicted octanol–water partition coefficient (Wildman–Crippen LogP) is 7.29. The highest BCUT2D eigenvalue weighted by molar-refractivity contribution is 7.80. The van der Waals surface area contributed by atoms with Crippen LogP contribution in [0.25, 0.3) is 5.69 Å². The highest BCUT2D eigenvalue weighted by Crippen LogP contribution is 2.42. The smallest absolute Gasteiger partial charge is 0.174 e. The van der Waals surface area contributed by atoms with Gasteiger partial charge in [0.2, 0.25) is 0 Å². The fraction of sp³-hybridized carbons (Fsp3) is 0.0968. The molecule has 0 bridgehead atoms. The third-order valence-electron chi connectivity index (χ3n) is 6.72. The van der Waals surface area contributed by atoms with Gasteiger partial charge in [-0.1, -0.05) is 24.3 Å². The highest BCUT2D eigenvalue weighted by atomic mass is 32.1. The normalized spacial score (nSPS) is 16.9. The number of nitrogens with one attached hydrogen (secondary N) is 1. The molecule has 1 fully saturated rings. The Labute approximate surface area is 226 Å². The van der Waals surface area contributed by atoms with Crippen LogP contribution in [0, 0.1) is 12.7 Å². The van der Waals surface area contributed by atoms with Crippen LogP contribution in [0.15, 0.2) is 116 Å². The Balaban J connectivity index is 1.40. The van der Waals surface area contributed by atoms with Gasteiger partial charge in [-0.05, 0) is 104 Å². The molecule has 0 aliphatic carbocycles. The molecular formula is C31H25FN4OS.